The lowest BCUT2D eigenvalue weighted by Crippen LogP contribution is -2.37. The van der Waals surface area contributed by atoms with Crippen LogP contribution in [0.5, 0.6) is 0 Å². The minimum Gasteiger partial charge on any atom is -0.353 e. The molecule has 144 valence electrons. The van der Waals surface area contributed by atoms with Crippen LogP contribution in [0, 0.1) is 0 Å². The van der Waals surface area contributed by atoms with Gasteiger partial charge in [0, 0.05) is 18.5 Å². The summed E-state index contributed by atoms with van der Waals surface area (Å²) in [5.74, 6) is 1.17. The van der Waals surface area contributed by atoms with Crippen molar-refractivity contribution in [2.45, 2.75) is 62.2 Å². The Morgan fingerprint density at radius 3 is 2.69 bits per heavy atom. The molecule has 1 aromatic heterocycles. The lowest BCUT2D eigenvalue weighted by atomic mass is 9.95. The van der Waals surface area contributed by atoms with E-state index in [-0.39, 0.29) is 29.1 Å². The monoisotopic (exact) mass is 398 g/mol. The van der Waals surface area contributed by atoms with E-state index in [1.807, 2.05) is 4.57 Å². The summed E-state index contributed by atoms with van der Waals surface area (Å²) in [4.78, 5) is 12.2. The number of hydrogen-bond acceptors (Lipinski definition) is 6. The topological polar surface area (TPSA) is 93.9 Å². The lowest BCUT2D eigenvalue weighted by Gasteiger charge is -2.22. The van der Waals surface area contributed by atoms with Gasteiger partial charge in [0.15, 0.2) is 15.0 Å². The summed E-state index contributed by atoms with van der Waals surface area (Å²) >= 11 is 1.34. The van der Waals surface area contributed by atoms with Crippen molar-refractivity contribution in [3.63, 3.8) is 0 Å². The van der Waals surface area contributed by atoms with Crippen LogP contribution in [0.4, 0.5) is 0 Å². The Morgan fingerprint density at radius 2 is 2.04 bits per heavy atom. The maximum atomic E-state index is 12.2. The number of sulfone groups is 1. The molecule has 2 heterocycles. The zero-order valence-corrected chi connectivity index (χ0v) is 16.5. The number of carbonyl (C=O) groups is 1. The van der Waals surface area contributed by atoms with Gasteiger partial charge in [0.25, 0.3) is 0 Å². The molecular weight excluding hydrogens is 372 g/mol. The first kappa shape index (κ1) is 19.4. The highest BCUT2D eigenvalue weighted by Gasteiger charge is 2.33. The molecule has 1 aliphatic heterocycles. The van der Waals surface area contributed by atoms with Gasteiger partial charge in [-0.25, -0.2) is 8.42 Å². The van der Waals surface area contributed by atoms with E-state index >= 15 is 0 Å². The van der Waals surface area contributed by atoms with Crippen LogP contribution in [-0.2, 0) is 21.2 Å². The molecule has 1 aromatic rings. The fourth-order valence-corrected chi connectivity index (χ4v) is 6.16. The minimum atomic E-state index is -2.99. The summed E-state index contributed by atoms with van der Waals surface area (Å²) in [5.41, 5.74) is 0. The van der Waals surface area contributed by atoms with Gasteiger partial charge < -0.3 is 9.88 Å². The molecule has 0 aromatic carbocycles. The normalized spacial score (nSPS) is 23.0. The average Bonchev–Trinajstić information content (AvgIpc) is 3.17. The standard InChI is InChI=1S/C17H26N4O3S2/c1-2-9-21-16(13-8-10-26(23,24)12-13)19-20-17(21)25-11-15(22)18-14-6-4-3-5-7-14/h2,13-14H,1,3-12H2,(H,18,22)/t13-/m1/s1. The van der Waals surface area contributed by atoms with E-state index in [0.717, 1.165) is 12.8 Å². The zero-order valence-electron chi connectivity index (χ0n) is 14.9. The van der Waals surface area contributed by atoms with Crippen LogP contribution in [0.15, 0.2) is 17.8 Å². The molecule has 0 unspecified atom stereocenters. The molecule has 9 heteroatoms. The second-order valence-corrected chi connectivity index (χ2v) is 10.2. The molecule has 3 rings (SSSR count). The van der Waals surface area contributed by atoms with E-state index in [1.54, 1.807) is 6.08 Å². The maximum absolute atomic E-state index is 12.2. The number of carbonyl (C=O) groups excluding carboxylic acids is 1. The van der Waals surface area contributed by atoms with Gasteiger partial charge in [-0.3, -0.25) is 4.79 Å². The Balaban J connectivity index is 1.62. The number of rotatable bonds is 7. The number of allylic oxidation sites excluding steroid dienone is 1. The number of aromatic nitrogens is 3. The van der Waals surface area contributed by atoms with Crippen molar-refractivity contribution in [2.24, 2.45) is 0 Å². The van der Waals surface area contributed by atoms with E-state index < -0.39 is 9.84 Å². The third kappa shape index (κ3) is 4.88. The highest BCUT2D eigenvalue weighted by molar-refractivity contribution is 7.99. The molecule has 2 fully saturated rings. The highest BCUT2D eigenvalue weighted by atomic mass is 32.2. The van der Waals surface area contributed by atoms with Crippen LogP contribution in [0.1, 0.15) is 50.3 Å². The number of thioether (sulfide) groups is 1. The fraction of sp³-hybridized carbons (Fsp3) is 0.706. The van der Waals surface area contributed by atoms with Crippen molar-refractivity contribution in [1.82, 2.24) is 20.1 Å². The first-order chi connectivity index (χ1) is 12.5. The van der Waals surface area contributed by atoms with Gasteiger partial charge in [0.05, 0.1) is 17.3 Å². The highest BCUT2D eigenvalue weighted by Crippen LogP contribution is 2.30. The molecule has 1 amide bonds. The molecule has 7 nitrogen and oxygen atoms in total. The molecule has 1 atom stereocenters. The molecular formula is C17H26N4O3S2. The second-order valence-electron chi connectivity index (χ2n) is 7.03. The van der Waals surface area contributed by atoms with Crippen molar-refractivity contribution in [1.29, 1.82) is 0 Å². The summed E-state index contributed by atoms with van der Waals surface area (Å²) in [6.45, 7) is 4.27. The molecule has 1 saturated heterocycles. The number of hydrogen-bond donors (Lipinski definition) is 1. The number of nitrogens with one attached hydrogen (secondary N) is 1. The Morgan fingerprint density at radius 1 is 1.27 bits per heavy atom. The molecule has 1 aliphatic carbocycles. The molecule has 1 N–H and O–H groups in total. The summed E-state index contributed by atoms with van der Waals surface area (Å²) in [6.07, 6.45) is 8.05. The maximum Gasteiger partial charge on any atom is 0.230 e. The van der Waals surface area contributed by atoms with Gasteiger partial charge in [-0.05, 0) is 19.3 Å². The van der Waals surface area contributed by atoms with Gasteiger partial charge >= 0.3 is 0 Å². The predicted molar refractivity (Wildman–Crippen MR) is 102 cm³/mol. The Kier molecular flexibility index (Phi) is 6.39. The van der Waals surface area contributed by atoms with E-state index in [9.17, 15) is 13.2 Å². The van der Waals surface area contributed by atoms with Gasteiger partial charge in [0.1, 0.15) is 5.82 Å². The average molecular weight is 399 g/mol. The number of amides is 1. The van der Waals surface area contributed by atoms with Crippen LogP contribution in [0.25, 0.3) is 0 Å². The van der Waals surface area contributed by atoms with Gasteiger partial charge in [-0.15, -0.1) is 16.8 Å². The van der Waals surface area contributed by atoms with Gasteiger partial charge in [0.2, 0.25) is 5.91 Å². The summed E-state index contributed by atoms with van der Waals surface area (Å²) in [7, 11) is -2.99. The van der Waals surface area contributed by atoms with Crippen molar-refractivity contribution in [3.05, 3.63) is 18.5 Å². The van der Waals surface area contributed by atoms with Crippen LogP contribution in [0.3, 0.4) is 0 Å². The Bertz CT molecular complexity index is 754. The Hall–Kier alpha value is -1.35. The molecule has 0 radical (unpaired) electrons. The predicted octanol–water partition coefficient (Wildman–Crippen LogP) is 1.91. The van der Waals surface area contributed by atoms with Crippen molar-refractivity contribution in [2.75, 3.05) is 17.3 Å². The first-order valence-electron chi connectivity index (χ1n) is 9.15. The SMILES string of the molecule is C=CCn1c(SCC(=O)NC2CCCCC2)nnc1[C@@H]1CCS(=O)(=O)C1. The molecule has 26 heavy (non-hydrogen) atoms. The van der Waals surface area contributed by atoms with E-state index in [4.69, 9.17) is 0 Å². The van der Waals surface area contributed by atoms with E-state index in [1.165, 1.54) is 31.0 Å². The second kappa shape index (κ2) is 8.56. The Labute approximate surface area is 158 Å². The van der Waals surface area contributed by atoms with Gasteiger partial charge in [-0.2, -0.15) is 0 Å². The fourth-order valence-electron chi connectivity index (χ4n) is 3.65. The van der Waals surface area contributed by atoms with Crippen molar-refractivity contribution < 1.29 is 13.2 Å². The summed E-state index contributed by atoms with van der Waals surface area (Å²) in [5, 5.41) is 12.2. The molecule has 0 bridgehead atoms. The first-order valence-corrected chi connectivity index (χ1v) is 12.0. The summed E-state index contributed by atoms with van der Waals surface area (Å²) < 4.78 is 25.4. The smallest absolute Gasteiger partial charge is 0.230 e. The molecule has 0 spiro atoms. The summed E-state index contributed by atoms with van der Waals surface area (Å²) in [6, 6.07) is 0.294. The third-order valence-corrected chi connectivity index (χ3v) is 7.69. The number of nitrogens with zero attached hydrogens (tertiary/aromatic N) is 3. The minimum absolute atomic E-state index is 0.0139. The zero-order chi connectivity index (χ0) is 18.6. The van der Waals surface area contributed by atoms with Crippen LogP contribution >= 0.6 is 11.8 Å². The molecule has 2 aliphatic rings. The van der Waals surface area contributed by atoms with Crippen molar-refractivity contribution >= 4 is 27.5 Å². The third-order valence-electron chi connectivity index (χ3n) is 4.96. The van der Waals surface area contributed by atoms with E-state index in [0.29, 0.717) is 30.0 Å². The lowest BCUT2D eigenvalue weighted by molar-refractivity contribution is -0.119. The molecule has 1 saturated carbocycles. The quantitative estimate of drug-likeness (QED) is 0.557. The van der Waals surface area contributed by atoms with E-state index in [2.05, 4.69) is 22.1 Å². The van der Waals surface area contributed by atoms with Crippen LogP contribution in [0.2, 0.25) is 0 Å². The van der Waals surface area contributed by atoms with Crippen molar-refractivity contribution in [3.8, 4) is 0 Å². The van der Waals surface area contributed by atoms with Crippen LogP contribution < -0.4 is 5.32 Å². The van der Waals surface area contributed by atoms with Crippen LogP contribution in [-0.4, -0.2) is 52.4 Å². The largest absolute Gasteiger partial charge is 0.353 e. The van der Waals surface area contributed by atoms with Gasteiger partial charge in [-0.1, -0.05) is 37.1 Å².